The zero-order chi connectivity index (χ0) is 14.5. The van der Waals surface area contributed by atoms with E-state index in [0.717, 1.165) is 12.3 Å². The maximum absolute atomic E-state index is 5.26. The van der Waals surface area contributed by atoms with Crippen LogP contribution < -0.4 is 10.1 Å². The number of ether oxygens (including phenoxy) is 1. The van der Waals surface area contributed by atoms with Crippen LogP contribution in [0.3, 0.4) is 0 Å². The van der Waals surface area contributed by atoms with Crippen LogP contribution in [0, 0.1) is 0 Å². The fourth-order valence-corrected chi connectivity index (χ4v) is 2.22. The van der Waals surface area contributed by atoms with Crippen LogP contribution in [0.1, 0.15) is 44.1 Å². The molecule has 0 radical (unpaired) electrons. The van der Waals surface area contributed by atoms with Crippen LogP contribution in [0.2, 0.25) is 0 Å². The fourth-order valence-electron chi connectivity index (χ4n) is 2.22. The molecule has 0 amide bonds. The maximum atomic E-state index is 5.26. The lowest BCUT2D eigenvalue weighted by Crippen LogP contribution is -2.20. The van der Waals surface area contributed by atoms with Crippen molar-refractivity contribution >= 4 is 0 Å². The van der Waals surface area contributed by atoms with Crippen molar-refractivity contribution in [2.24, 2.45) is 0 Å². The Morgan fingerprint density at radius 2 is 2.10 bits per heavy atom. The van der Waals surface area contributed by atoms with Gasteiger partial charge in [-0.15, -0.1) is 0 Å². The minimum atomic E-state index is 0.264. The van der Waals surface area contributed by atoms with Crippen LogP contribution in [0.25, 0.3) is 0 Å². The van der Waals surface area contributed by atoms with Crippen molar-refractivity contribution in [2.75, 3.05) is 7.11 Å². The average molecular weight is 273 g/mol. The van der Waals surface area contributed by atoms with Gasteiger partial charge in [-0.3, -0.25) is 0 Å². The van der Waals surface area contributed by atoms with Crippen LogP contribution in [0.4, 0.5) is 0 Å². The third kappa shape index (κ3) is 3.39. The second-order valence-electron chi connectivity index (χ2n) is 5.27. The number of hydrogen-bond acceptors (Lipinski definition) is 3. The van der Waals surface area contributed by atoms with Gasteiger partial charge in [-0.1, -0.05) is 12.1 Å². The molecule has 0 fully saturated rings. The second kappa shape index (κ2) is 6.57. The summed E-state index contributed by atoms with van der Waals surface area (Å²) in [5.74, 6) is 0.892. The Morgan fingerprint density at radius 3 is 2.80 bits per heavy atom. The minimum Gasteiger partial charge on any atom is -0.497 e. The van der Waals surface area contributed by atoms with Crippen LogP contribution >= 0.6 is 0 Å². The van der Waals surface area contributed by atoms with E-state index in [2.05, 4.69) is 47.8 Å². The molecule has 1 N–H and O–H groups in total. The lowest BCUT2D eigenvalue weighted by molar-refractivity contribution is 0.413. The van der Waals surface area contributed by atoms with E-state index in [-0.39, 0.29) is 6.04 Å². The smallest absolute Gasteiger partial charge is 0.119 e. The molecule has 2 rings (SSSR count). The molecule has 0 saturated heterocycles. The Hall–Kier alpha value is -1.81. The lowest BCUT2D eigenvalue weighted by Gasteiger charge is -2.17. The van der Waals surface area contributed by atoms with Gasteiger partial charge in [-0.25, -0.2) is 4.98 Å². The maximum Gasteiger partial charge on any atom is 0.119 e. The summed E-state index contributed by atoms with van der Waals surface area (Å²) in [7, 11) is 1.69. The first kappa shape index (κ1) is 14.6. The molecule has 0 unspecified atom stereocenters. The van der Waals surface area contributed by atoms with Gasteiger partial charge >= 0.3 is 0 Å². The molecule has 4 heteroatoms. The highest BCUT2D eigenvalue weighted by molar-refractivity contribution is 5.30. The van der Waals surface area contributed by atoms with Gasteiger partial charge < -0.3 is 14.6 Å². The highest BCUT2D eigenvalue weighted by Crippen LogP contribution is 2.19. The predicted molar refractivity (Wildman–Crippen MR) is 80.9 cm³/mol. The number of imidazole rings is 1. The second-order valence-corrected chi connectivity index (χ2v) is 5.27. The summed E-state index contributed by atoms with van der Waals surface area (Å²) in [5.41, 5.74) is 2.43. The number of benzene rings is 1. The molecule has 0 aliphatic carbocycles. The van der Waals surface area contributed by atoms with Crippen LogP contribution in [0.5, 0.6) is 5.75 Å². The van der Waals surface area contributed by atoms with Crippen LogP contribution in [0.15, 0.2) is 36.8 Å². The first-order chi connectivity index (χ1) is 9.61. The molecule has 108 valence electrons. The zero-order valence-corrected chi connectivity index (χ0v) is 12.6. The first-order valence-electron chi connectivity index (χ1n) is 7.00. The van der Waals surface area contributed by atoms with Gasteiger partial charge in [0.05, 0.1) is 19.1 Å². The summed E-state index contributed by atoms with van der Waals surface area (Å²) >= 11 is 0. The first-order valence-corrected chi connectivity index (χ1v) is 7.00. The number of nitrogens with zero attached hydrogens (tertiary/aromatic N) is 2. The largest absolute Gasteiger partial charge is 0.497 e. The number of methoxy groups -OCH3 is 1. The number of nitrogens with one attached hydrogen (secondary N) is 1. The van der Waals surface area contributed by atoms with Gasteiger partial charge in [-0.2, -0.15) is 0 Å². The van der Waals surface area contributed by atoms with E-state index in [4.69, 9.17) is 4.74 Å². The summed E-state index contributed by atoms with van der Waals surface area (Å²) < 4.78 is 7.45. The fraction of sp³-hybridized carbons (Fsp3) is 0.438. The van der Waals surface area contributed by atoms with Crippen molar-refractivity contribution in [2.45, 2.75) is 39.4 Å². The Kier molecular flexibility index (Phi) is 4.79. The summed E-state index contributed by atoms with van der Waals surface area (Å²) in [6.45, 7) is 7.29. The Labute approximate surface area is 120 Å². The van der Waals surface area contributed by atoms with E-state index in [1.165, 1.54) is 11.3 Å². The molecule has 20 heavy (non-hydrogen) atoms. The monoisotopic (exact) mass is 273 g/mol. The molecule has 0 saturated carbocycles. The van der Waals surface area contributed by atoms with E-state index in [9.17, 15) is 0 Å². The molecule has 0 bridgehead atoms. The van der Waals surface area contributed by atoms with Gasteiger partial charge in [-0.05, 0) is 38.5 Å². The number of aromatic nitrogens is 2. The molecule has 1 aromatic carbocycles. The third-order valence-electron chi connectivity index (χ3n) is 3.49. The van der Waals surface area contributed by atoms with Gasteiger partial charge in [0.25, 0.3) is 0 Å². The molecular weight excluding hydrogens is 250 g/mol. The van der Waals surface area contributed by atoms with E-state index < -0.39 is 0 Å². The Balaban J connectivity index is 2.01. The van der Waals surface area contributed by atoms with Crippen LogP contribution in [-0.2, 0) is 6.54 Å². The normalized spacial score (nSPS) is 12.7. The predicted octanol–water partition coefficient (Wildman–Crippen LogP) is 3.32. The standard InChI is InChI=1S/C16H23N3O/c1-12(2)19-11-17-9-15(19)10-18-13(3)14-6-5-7-16(8-14)20-4/h5-9,11-13,18H,10H2,1-4H3/t13-/m0/s1. The molecule has 2 aromatic rings. The van der Waals surface area contributed by atoms with Crippen LogP contribution in [-0.4, -0.2) is 16.7 Å². The van der Waals surface area contributed by atoms with Gasteiger partial charge in [0.15, 0.2) is 0 Å². The summed E-state index contributed by atoms with van der Waals surface area (Å²) in [5, 5.41) is 3.53. The van der Waals surface area contributed by atoms with Crippen molar-refractivity contribution in [1.29, 1.82) is 0 Å². The molecule has 1 atom stereocenters. The van der Waals surface area contributed by atoms with Gasteiger partial charge in [0, 0.05) is 24.8 Å². The number of rotatable bonds is 6. The van der Waals surface area contributed by atoms with Gasteiger partial charge in [0.2, 0.25) is 0 Å². The molecule has 0 aliphatic heterocycles. The summed E-state index contributed by atoms with van der Waals surface area (Å²) in [6, 6.07) is 8.86. The lowest BCUT2D eigenvalue weighted by atomic mass is 10.1. The zero-order valence-electron chi connectivity index (χ0n) is 12.6. The van der Waals surface area contributed by atoms with Crippen molar-refractivity contribution in [3.8, 4) is 5.75 Å². The summed E-state index contributed by atoms with van der Waals surface area (Å²) in [4.78, 5) is 4.22. The Bertz CT molecular complexity index is 548. The number of hydrogen-bond donors (Lipinski definition) is 1. The van der Waals surface area contributed by atoms with Gasteiger partial charge in [0.1, 0.15) is 5.75 Å². The highest BCUT2D eigenvalue weighted by Gasteiger charge is 2.09. The molecule has 4 nitrogen and oxygen atoms in total. The van der Waals surface area contributed by atoms with Crippen molar-refractivity contribution < 1.29 is 4.74 Å². The quantitative estimate of drug-likeness (QED) is 0.877. The SMILES string of the molecule is COc1cccc([C@H](C)NCc2cncn2C(C)C)c1. The van der Waals surface area contributed by atoms with E-state index >= 15 is 0 Å². The molecule has 1 heterocycles. The van der Waals surface area contributed by atoms with Crippen molar-refractivity contribution in [3.05, 3.63) is 48.0 Å². The van der Waals surface area contributed by atoms with E-state index in [0.29, 0.717) is 6.04 Å². The van der Waals surface area contributed by atoms with Crippen molar-refractivity contribution in [1.82, 2.24) is 14.9 Å². The van der Waals surface area contributed by atoms with Crippen molar-refractivity contribution in [3.63, 3.8) is 0 Å². The molecule has 0 spiro atoms. The van der Waals surface area contributed by atoms with E-state index in [1.54, 1.807) is 7.11 Å². The topological polar surface area (TPSA) is 39.1 Å². The Morgan fingerprint density at radius 1 is 1.30 bits per heavy atom. The third-order valence-corrected chi connectivity index (χ3v) is 3.49. The summed E-state index contributed by atoms with van der Waals surface area (Å²) in [6.07, 6.45) is 3.81. The molecular formula is C16H23N3O. The molecule has 1 aromatic heterocycles. The highest BCUT2D eigenvalue weighted by atomic mass is 16.5. The minimum absolute atomic E-state index is 0.264. The average Bonchev–Trinajstić information content (AvgIpc) is 2.93. The van der Waals surface area contributed by atoms with E-state index in [1.807, 2.05) is 24.7 Å². The molecule has 0 aliphatic rings.